The lowest BCUT2D eigenvalue weighted by Gasteiger charge is -2.11. The zero-order valence-corrected chi connectivity index (χ0v) is 18.5. The molecule has 0 bridgehead atoms. The number of hydrogen-bond acceptors (Lipinski definition) is 6. The number of fused-ring (bicyclic) bond motifs is 1. The number of rotatable bonds is 5. The van der Waals surface area contributed by atoms with Crippen molar-refractivity contribution >= 4 is 44.7 Å². The molecule has 5 aromatic rings. The second-order valence-corrected chi connectivity index (χ2v) is 8.42. The van der Waals surface area contributed by atoms with Gasteiger partial charge in [-0.3, -0.25) is 5.10 Å². The Kier molecular flexibility index (Phi) is 5.89. The molecule has 6 nitrogen and oxygen atoms in total. The van der Waals surface area contributed by atoms with Gasteiger partial charge in [-0.2, -0.15) is 5.10 Å². The molecule has 0 amide bonds. The molecule has 0 atom stereocenters. The average molecular weight is 476 g/mol. The van der Waals surface area contributed by atoms with Crippen molar-refractivity contribution in [2.24, 2.45) is 0 Å². The van der Waals surface area contributed by atoms with Crippen LogP contribution in [0.3, 0.4) is 0 Å². The standard InChI is InChI=1S/C24H15ClFN5OS/c25-21-9-18(5-7-22(21)32-13-15-2-1-3-17(26)8-15)31-23-20-10-19(33-24(20)28-14-27-23)6-4-16-11-29-30-12-16/h1-3,5,7-12,14H,13H2,(H,29,30)(H,27,28,31). The summed E-state index contributed by atoms with van der Waals surface area (Å²) in [6, 6.07) is 13.6. The van der Waals surface area contributed by atoms with E-state index < -0.39 is 0 Å². The van der Waals surface area contributed by atoms with Gasteiger partial charge in [-0.05, 0) is 42.0 Å². The summed E-state index contributed by atoms with van der Waals surface area (Å²) in [6.07, 6.45) is 4.91. The summed E-state index contributed by atoms with van der Waals surface area (Å²) in [7, 11) is 0. The Hall–Kier alpha value is -3.93. The van der Waals surface area contributed by atoms with E-state index in [1.54, 1.807) is 36.7 Å². The van der Waals surface area contributed by atoms with Gasteiger partial charge in [-0.1, -0.05) is 35.6 Å². The van der Waals surface area contributed by atoms with Crippen LogP contribution in [0.5, 0.6) is 5.75 Å². The lowest BCUT2D eigenvalue weighted by atomic mass is 10.2. The van der Waals surface area contributed by atoms with Crippen molar-refractivity contribution in [2.75, 3.05) is 5.32 Å². The first kappa shape index (κ1) is 20.9. The summed E-state index contributed by atoms with van der Waals surface area (Å²) in [5, 5.41) is 11.2. The molecule has 3 heterocycles. The number of aromatic nitrogens is 4. The molecule has 0 fully saturated rings. The number of benzene rings is 2. The smallest absolute Gasteiger partial charge is 0.142 e. The van der Waals surface area contributed by atoms with Gasteiger partial charge >= 0.3 is 0 Å². The zero-order valence-electron chi connectivity index (χ0n) is 17.0. The average Bonchev–Trinajstić information content (AvgIpc) is 3.47. The summed E-state index contributed by atoms with van der Waals surface area (Å²) in [6.45, 7) is 0.217. The van der Waals surface area contributed by atoms with Gasteiger partial charge in [0.2, 0.25) is 0 Å². The van der Waals surface area contributed by atoms with E-state index >= 15 is 0 Å². The van der Waals surface area contributed by atoms with E-state index in [0.717, 1.165) is 31.9 Å². The van der Waals surface area contributed by atoms with Crippen LogP contribution in [0.25, 0.3) is 10.2 Å². The number of H-pyrrole nitrogens is 1. The number of halogens is 2. The van der Waals surface area contributed by atoms with Crippen LogP contribution in [0.2, 0.25) is 5.02 Å². The molecule has 0 radical (unpaired) electrons. The van der Waals surface area contributed by atoms with Crippen LogP contribution >= 0.6 is 22.9 Å². The predicted octanol–water partition coefficient (Wildman–Crippen LogP) is 5.93. The van der Waals surface area contributed by atoms with Crippen molar-refractivity contribution in [3.8, 4) is 17.6 Å². The first-order chi connectivity index (χ1) is 16.1. The third kappa shape index (κ3) is 4.95. The SMILES string of the molecule is Fc1cccc(COc2ccc(Nc3ncnc4sc(C#Cc5cn[nH]c5)cc34)cc2Cl)c1. The second kappa shape index (κ2) is 9.28. The van der Waals surface area contributed by atoms with E-state index in [1.807, 2.05) is 12.1 Å². The first-order valence-electron chi connectivity index (χ1n) is 9.83. The maximum absolute atomic E-state index is 13.3. The molecule has 5 rings (SSSR count). The molecule has 0 aliphatic carbocycles. The Morgan fingerprint density at radius 3 is 2.88 bits per heavy atom. The fourth-order valence-corrected chi connectivity index (χ4v) is 4.18. The number of ether oxygens (including phenoxy) is 1. The third-order valence-electron chi connectivity index (χ3n) is 4.64. The fourth-order valence-electron chi connectivity index (χ4n) is 3.09. The Morgan fingerprint density at radius 2 is 2.06 bits per heavy atom. The first-order valence-corrected chi connectivity index (χ1v) is 11.0. The van der Waals surface area contributed by atoms with Crippen LogP contribution < -0.4 is 10.1 Å². The lowest BCUT2D eigenvalue weighted by molar-refractivity contribution is 0.306. The minimum atomic E-state index is -0.304. The number of thiophene rings is 1. The zero-order chi connectivity index (χ0) is 22.6. The Balaban J connectivity index is 1.33. The highest BCUT2D eigenvalue weighted by Crippen LogP contribution is 2.33. The summed E-state index contributed by atoms with van der Waals surface area (Å²) in [5.74, 6) is 7.04. The number of hydrogen-bond donors (Lipinski definition) is 2. The summed E-state index contributed by atoms with van der Waals surface area (Å²) >= 11 is 7.90. The van der Waals surface area contributed by atoms with Gasteiger partial charge in [-0.15, -0.1) is 11.3 Å². The number of nitrogens with zero attached hydrogens (tertiary/aromatic N) is 3. The molecular formula is C24H15ClFN5OS. The van der Waals surface area contributed by atoms with Crippen molar-refractivity contribution < 1.29 is 9.13 Å². The largest absolute Gasteiger partial charge is 0.487 e. The molecule has 9 heteroatoms. The number of anilines is 2. The van der Waals surface area contributed by atoms with E-state index in [9.17, 15) is 4.39 Å². The van der Waals surface area contributed by atoms with Gasteiger partial charge in [0.1, 0.15) is 35.1 Å². The molecule has 0 saturated carbocycles. The Labute approximate surface area is 197 Å². The molecule has 162 valence electrons. The van der Waals surface area contributed by atoms with Gasteiger partial charge in [0, 0.05) is 11.9 Å². The quantitative estimate of drug-likeness (QED) is 0.308. The van der Waals surface area contributed by atoms with Gasteiger partial charge < -0.3 is 10.1 Å². The topological polar surface area (TPSA) is 75.7 Å². The molecule has 0 saturated heterocycles. The minimum absolute atomic E-state index is 0.217. The normalized spacial score (nSPS) is 10.6. The monoisotopic (exact) mass is 475 g/mol. The molecular weight excluding hydrogens is 461 g/mol. The highest BCUT2D eigenvalue weighted by Gasteiger charge is 2.10. The van der Waals surface area contributed by atoms with Crippen LogP contribution in [0.15, 0.2) is 67.3 Å². The van der Waals surface area contributed by atoms with E-state index in [0.29, 0.717) is 16.6 Å². The number of nitrogens with one attached hydrogen (secondary N) is 2. The number of aromatic amines is 1. The maximum atomic E-state index is 13.3. The van der Waals surface area contributed by atoms with Crippen LogP contribution in [0.4, 0.5) is 15.9 Å². The van der Waals surface area contributed by atoms with Gasteiger partial charge in [0.15, 0.2) is 0 Å². The maximum Gasteiger partial charge on any atom is 0.142 e. The van der Waals surface area contributed by atoms with Crippen molar-refractivity contribution in [3.63, 3.8) is 0 Å². The highest BCUT2D eigenvalue weighted by atomic mass is 35.5. The van der Waals surface area contributed by atoms with Crippen molar-refractivity contribution in [3.05, 3.63) is 94.1 Å². The van der Waals surface area contributed by atoms with Crippen LogP contribution in [-0.4, -0.2) is 20.2 Å². The molecule has 2 N–H and O–H groups in total. The molecule has 0 spiro atoms. The van der Waals surface area contributed by atoms with Gasteiger partial charge in [-0.25, -0.2) is 14.4 Å². The molecule has 2 aromatic carbocycles. The summed E-state index contributed by atoms with van der Waals surface area (Å²) in [5.41, 5.74) is 2.28. The van der Waals surface area contributed by atoms with Crippen LogP contribution in [-0.2, 0) is 6.61 Å². The van der Waals surface area contributed by atoms with Gasteiger partial charge in [0.25, 0.3) is 0 Å². The Morgan fingerprint density at radius 1 is 1.12 bits per heavy atom. The van der Waals surface area contributed by atoms with Crippen LogP contribution in [0.1, 0.15) is 16.0 Å². The molecule has 3 aromatic heterocycles. The van der Waals surface area contributed by atoms with Gasteiger partial charge in [0.05, 0.1) is 27.0 Å². The van der Waals surface area contributed by atoms with Crippen LogP contribution in [0, 0.1) is 17.7 Å². The molecule has 0 aliphatic rings. The third-order valence-corrected chi connectivity index (χ3v) is 5.89. The van der Waals surface area contributed by atoms with E-state index in [1.165, 1.54) is 29.8 Å². The highest BCUT2D eigenvalue weighted by molar-refractivity contribution is 7.19. The van der Waals surface area contributed by atoms with E-state index in [2.05, 4.69) is 37.3 Å². The summed E-state index contributed by atoms with van der Waals surface area (Å²) < 4.78 is 19.1. The molecule has 33 heavy (non-hydrogen) atoms. The lowest BCUT2D eigenvalue weighted by Crippen LogP contribution is -1.98. The van der Waals surface area contributed by atoms with E-state index in [-0.39, 0.29) is 12.4 Å². The summed E-state index contributed by atoms with van der Waals surface area (Å²) in [4.78, 5) is 10.4. The fraction of sp³-hybridized carbons (Fsp3) is 0.0417. The Bertz CT molecular complexity index is 1490. The van der Waals surface area contributed by atoms with E-state index in [4.69, 9.17) is 16.3 Å². The predicted molar refractivity (Wildman–Crippen MR) is 127 cm³/mol. The van der Waals surface area contributed by atoms with Crippen molar-refractivity contribution in [1.82, 2.24) is 20.2 Å². The molecule has 0 aliphatic heterocycles. The minimum Gasteiger partial charge on any atom is -0.487 e. The van der Waals surface area contributed by atoms with Crippen molar-refractivity contribution in [2.45, 2.75) is 6.61 Å². The molecule has 0 unspecified atom stereocenters. The second-order valence-electron chi connectivity index (χ2n) is 6.98. The van der Waals surface area contributed by atoms with Crippen molar-refractivity contribution in [1.29, 1.82) is 0 Å².